The molecule has 6 rings (SSSR count). The van der Waals surface area contributed by atoms with Crippen LogP contribution in [0.25, 0.3) is 11.0 Å². The first-order valence-corrected chi connectivity index (χ1v) is 9.29. The predicted octanol–water partition coefficient (Wildman–Crippen LogP) is 4.88. The van der Waals surface area contributed by atoms with Gasteiger partial charge in [-0.15, -0.1) is 0 Å². The number of benzene rings is 2. The first-order valence-electron chi connectivity index (χ1n) is 9.29. The highest BCUT2D eigenvalue weighted by molar-refractivity contribution is 6.06. The number of hydrogen-bond donors (Lipinski definition) is 1. The molecule has 5 nitrogen and oxygen atoms in total. The maximum absolute atomic E-state index is 10.00. The van der Waals surface area contributed by atoms with Gasteiger partial charge in [-0.1, -0.05) is 26.0 Å². The normalized spacial score (nSPS) is 21.9. The van der Waals surface area contributed by atoms with Crippen LogP contribution in [0.3, 0.4) is 0 Å². The van der Waals surface area contributed by atoms with Crippen molar-refractivity contribution >= 4 is 22.7 Å². The van der Waals surface area contributed by atoms with Gasteiger partial charge in [-0.05, 0) is 36.1 Å². The molecule has 2 aliphatic heterocycles. The summed E-state index contributed by atoms with van der Waals surface area (Å²) in [5, 5.41) is 10.00. The van der Waals surface area contributed by atoms with E-state index in [1.165, 1.54) is 5.57 Å². The minimum absolute atomic E-state index is 0.0182. The average molecular weight is 357 g/mol. The van der Waals surface area contributed by atoms with Gasteiger partial charge in [0.1, 0.15) is 17.3 Å². The van der Waals surface area contributed by atoms with Crippen molar-refractivity contribution in [3.8, 4) is 11.5 Å². The topological polar surface area (TPSA) is 59.6 Å². The summed E-state index contributed by atoms with van der Waals surface area (Å²) >= 11 is 0. The maximum atomic E-state index is 10.00. The van der Waals surface area contributed by atoms with Crippen molar-refractivity contribution in [2.24, 2.45) is 10.4 Å². The van der Waals surface area contributed by atoms with Gasteiger partial charge in [-0.25, -0.2) is 9.98 Å². The number of phenols is 1. The number of nitrogens with zero attached hydrogens (tertiary/aromatic N) is 3. The number of hydrogen-bond acceptors (Lipinski definition) is 4. The molecule has 0 amide bonds. The third-order valence-corrected chi connectivity index (χ3v) is 5.77. The van der Waals surface area contributed by atoms with Gasteiger partial charge >= 0.3 is 0 Å². The second-order valence-corrected chi connectivity index (χ2v) is 8.41. The van der Waals surface area contributed by atoms with E-state index < -0.39 is 0 Å². The van der Waals surface area contributed by atoms with Crippen molar-refractivity contribution in [1.29, 1.82) is 0 Å². The Kier molecular flexibility index (Phi) is 2.67. The van der Waals surface area contributed by atoms with E-state index in [4.69, 9.17) is 14.7 Å². The van der Waals surface area contributed by atoms with Crippen LogP contribution in [0.1, 0.15) is 38.3 Å². The van der Waals surface area contributed by atoms with Crippen LogP contribution in [-0.2, 0) is 0 Å². The molecule has 3 aliphatic rings. The molecule has 5 heteroatoms. The zero-order valence-electron chi connectivity index (χ0n) is 15.2. The SMILES string of the molecule is CC1(C)CC2=Nc3nc4ccccc4n3C3C2=C(C1)Oc1cc(O)ccc13. The highest BCUT2D eigenvalue weighted by Gasteiger charge is 2.44. The van der Waals surface area contributed by atoms with Gasteiger partial charge in [0.15, 0.2) is 0 Å². The number of para-hydroxylation sites is 2. The molecule has 3 aromatic rings. The second kappa shape index (κ2) is 4.80. The fourth-order valence-corrected chi connectivity index (χ4v) is 4.68. The number of aromatic hydroxyl groups is 1. The Morgan fingerprint density at radius 2 is 2.00 bits per heavy atom. The first-order chi connectivity index (χ1) is 13.0. The maximum Gasteiger partial charge on any atom is 0.231 e. The van der Waals surface area contributed by atoms with Crippen LogP contribution in [-0.4, -0.2) is 20.4 Å². The van der Waals surface area contributed by atoms with Gasteiger partial charge in [0.2, 0.25) is 5.95 Å². The summed E-state index contributed by atoms with van der Waals surface area (Å²) < 4.78 is 8.51. The molecule has 1 aliphatic carbocycles. The van der Waals surface area contributed by atoms with E-state index in [0.29, 0.717) is 0 Å². The van der Waals surface area contributed by atoms with E-state index in [1.807, 2.05) is 24.3 Å². The van der Waals surface area contributed by atoms with E-state index in [-0.39, 0.29) is 17.2 Å². The van der Waals surface area contributed by atoms with Crippen LogP contribution in [0.15, 0.2) is 58.8 Å². The van der Waals surface area contributed by atoms with E-state index >= 15 is 0 Å². The Morgan fingerprint density at radius 3 is 2.89 bits per heavy atom. The summed E-state index contributed by atoms with van der Waals surface area (Å²) in [6, 6.07) is 13.5. The van der Waals surface area contributed by atoms with E-state index in [0.717, 1.165) is 52.6 Å². The van der Waals surface area contributed by atoms with Gasteiger partial charge in [0.25, 0.3) is 0 Å². The molecule has 134 valence electrons. The zero-order chi connectivity index (χ0) is 18.3. The molecular formula is C22H19N3O2. The third-order valence-electron chi connectivity index (χ3n) is 5.77. The molecule has 2 aromatic carbocycles. The number of allylic oxidation sites excluding steroid dienone is 2. The average Bonchev–Trinajstić information content (AvgIpc) is 2.97. The van der Waals surface area contributed by atoms with Crippen molar-refractivity contribution in [3.05, 3.63) is 59.4 Å². The highest BCUT2D eigenvalue weighted by atomic mass is 16.5. The molecule has 0 fully saturated rings. The van der Waals surface area contributed by atoms with E-state index in [1.54, 1.807) is 12.1 Å². The van der Waals surface area contributed by atoms with Crippen LogP contribution in [0.5, 0.6) is 11.5 Å². The predicted molar refractivity (Wildman–Crippen MR) is 104 cm³/mol. The Bertz CT molecular complexity index is 1200. The fourth-order valence-electron chi connectivity index (χ4n) is 4.68. The minimum atomic E-state index is -0.0182. The lowest BCUT2D eigenvalue weighted by atomic mass is 9.72. The number of ether oxygens (including phenoxy) is 1. The number of aliphatic imine (C=N–C) groups is 1. The third kappa shape index (κ3) is 1.99. The van der Waals surface area contributed by atoms with Crippen molar-refractivity contribution in [2.45, 2.75) is 32.7 Å². The Labute approximate surface area is 156 Å². The summed E-state index contributed by atoms with van der Waals surface area (Å²) in [7, 11) is 0. The largest absolute Gasteiger partial charge is 0.508 e. The number of aromatic nitrogens is 2. The molecular weight excluding hydrogens is 338 g/mol. The molecule has 1 N–H and O–H groups in total. The molecule has 0 spiro atoms. The summed E-state index contributed by atoms with van der Waals surface area (Å²) in [6.45, 7) is 4.49. The number of rotatable bonds is 0. The van der Waals surface area contributed by atoms with Gasteiger partial charge in [-0.3, -0.25) is 4.57 Å². The van der Waals surface area contributed by atoms with Crippen LogP contribution >= 0.6 is 0 Å². The molecule has 0 radical (unpaired) electrons. The molecule has 1 unspecified atom stereocenters. The van der Waals surface area contributed by atoms with Crippen molar-refractivity contribution in [2.75, 3.05) is 0 Å². The van der Waals surface area contributed by atoms with Crippen molar-refractivity contribution in [3.63, 3.8) is 0 Å². The smallest absolute Gasteiger partial charge is 0.231 e. The molecule has 0 saturated heterocycles. The molecule has 3 heterocycles. The molecule has 1 atom stereocenters. The monoisotopic (exact) mass is 357 g/mol. The van der Waals surface area contributed by atoms with Crippen LogP contribution < -0.4 is 4.74 Å². The summed E-state index contributed by atoms with van der Waals surface area (Å²) in [6.07, 6.45) is 1.76. The molecule has 0 bridgehead atoms. The van der Waals surface area contributed by atoms with Crippen LogP contribution in [0.4, 0.5) is 5.95 Å². The van der Waals surface area contributed by atoms with E-state index in [2.05, 4.69) is 24.5 Å². The number of imidazole rings is 1. The Morgan fingerprint density at radius 1 is 1.15 bits per heavy atom. The quantitative estimate of drug-likeness (QED) is 0.623. The lowest BCUT2D eigenvalue weighted by molar-refractivity contribution is 0.272. The highest BCUT2D eigenvalue weighted by Crippen LogP contribution is 2.52. The lowest BCUT2D eigenvalue weighted by Crippen LogP contribution is -2.36. The number of phenolic OH excluding ortho intramolecular Hbond substituents is 1. The van der Waals surface area contributed by atoms with Gasteiger partial charge in [-0.2, -0.15) is 0 Å². The van der Waals surface area contributed by atoms with Gasteiger partial charge < -0.3 is 9.84 Å². The van der Waals surface area contributed by atoms with Crippen LogP contribution in [0.2, 0.25) is 0 Å². The Balaban J connectivity index is 1.72. The lowest BCUT2D eigenvalue weighted by Gasteiger charge is -2.42. The zero-order valence-corrected chi connectivity index (χ0v) is 15.2. The summed E-state index contributed by atoms with van der Waals surface area (Å²) in [5.74, 6) is 2.66. The first kappa shape index (κ1) is 15.0. The minimum Gasteiger partial charge on any atom is -0.508 e. The summed E-state index contributed by atoms with van der Waals surface area (Å²) in [5.41, 5.74) is 5.38. The Hall–Kier alpha value is -3.08. The van der Waals surface area contributed by atoms with Gasteiger partial charge in [0, 0.05) is 23.6 Å². The molecule has 1 aromatic heterocycles. The van der Waals surface area contributed by atoms with Crippen molar-refractivity contribution in [1.82, 2.24) is 9.55 Å². The van der Waals surface area contributed by atoms with Gasteiger partial charge in [0.05, 0.1) is 22.8 Å². The molecule has 27 heavy (non-hydrogen) atoms. The second-order valence-electron chi connectivity index (χ2n) is 8.41. The summed E-state index contributed by atoms with van der Waals surface area (Å²) in [4.78, 5) is 9.75. The van der Waals surface area contributed by atoms with Crippen molar-refractivity contribution < 1.29 is 9.84 Å². The number of fused-ring (bicyclic) bond motifs is 6. The van der Waals surface area contributed by atoms with Crippen LogP contribution in [0, 0.1) is 5.41 Å². The standard InChI is InChI=1S/C22H19N3O2/c1-22(2)10-15-19-18(11-22)27-17-9-12(26)7-8-13(17)20(19)25-16-6-4-3-5-14(16)23-21(25)24-15/h3-9,20,26H,10-11H2,1-2H3. The fraction of sp³-hybridized carbons (Fsp3) is 0.273. The molecule has 0 saturated carbocycles. The van der Waals surface area contributed by atoms with E-state index in [9.17, 15) is 5.11 Å².